The summed E-state index contributed by atoms with van der Waals surface area (Å²) in [5.41, 5.74) is 0.664. The first-order chi connectivity index (χ1) is 6.61. The third-order valence-corrected chi connectivity index (χ3v) is 3.36. The molecule has 0 amide bonds. The first-order valence-electron chi connectivity index (χ1n) is 4.61. The Bertz CT molecular complexity index is 281. The van der Waals surface area contributed by atoms with Gasteiger partial charge in [-0.3, -0.25) is 0 Å². The van der Waals surface area contributed by atoms with Crippen LogP contribution in [0.3, 0.4) is 0 Å². The molecule has 0 fully saturated rings. The van der Waals surface area contributed by atoms with Crippen LogP contribution in [0.4, 0.5) is 0 Å². The van der Waals surface area contributed by atoms with Crippen molar-refractivity contribution in [3.63, 3.8) is 0 Å². The molecular formula is C10H17NO2S. The molecule has 3 N–H and O–H groups in total. The molecule has 0 aliphatic rings. The highest BCUT2D eigenvalue weighted by molar-refractivity contribution is 7.10. The van der Waals surface area contributed by atoms with Gasteiger partial charge >= 0.3 is 0 Å². The number of thiophene rings is 1. The van der Waals surface area contributed by atoms with Crippen LogP contribution in [0.2, 0.25) is 0 Å². The Morgan fingerprint density at radius 3 is 2.50 bits per heavy atom. The van der Waals surface area contributed by atoms with Gasteiger partial charge in [-0.15, -0.1) is 11.3 Å². The first-order valence-corrected chi connectivity index (χ1v) is 5.49. The van der Waals surface area contributed by atoms with Crippen LogP contribution in [0, 0.1) is 6.92 Å². The summed E-state index contributed by atoms with van der Waals surface area (Å²) in [6.45, 7) is 4.43. The predicted molar refractivity (Wildman–Crippen MR) is 58.5 cm³/mol. The highest BCUT2D eigenvalue weighted by Gasteiger charge is 2.21. The SMILES string of the molecule is Cc1ccsc1CNC(C)(CO)CO. The second-order valence-electron chi connectivity index (χ2n) is 3.76. The smallest absolute Gasteiger partial charge is 0.0633 e. The van der Waals surface area contributed by atoms with E-state index in [9.17, 15) is 0 Å². The van der Waals surface area contributed by atoms with Crippen LogP contribution in [-0.4, -0.2) is 29.0 Å². The van der Waals surface area contributed by atoms with E-state index in [4.69, 9.17) is 10.2 Å². The monoisotopic (exact) mass is 215 g/mol. The summed E-state index contributed by atoms with van der Waals surface area (Å²) in [5.74, 6) is 0. The summed E-state index contributed by atoms with van der Waals surface area (Å²) >= 11 is 1.69. The van der Waals surface area contributed by atoms with Gasteiger partial charge in [0.25, 0.3) is 0 Å². The van der Waals surface area contributed by atoms with Gasteiger partial charge in [0, 0.05) is 11.4 Å². The molecule has 0 aliphatic carbocycles. The van der Waals surface area contributed by atoms with Gasteiger partial charge in [-0.2, -0.15) is 0 Å². The maximum absolute atomic E-state index is 9.06. The van der Waals surface area contributed by atoms with E-state index in [1.165, 1.54) is 10.4 Å². The van der Waals surface area contributed by atoms with E-state index < -0.39 is 5.54 Å². The number of aliphatic hydroxyl groups is 2. The third-order valence-electron chi connectivity index (χ3n) is 2.34. The minimum absolute atomic E-state index is 0.0616. The van der Waals surface area contributed by atoms with Crippen LogP contribution in [0.1, 0.15) is 17.4 Å². The molecule has 14 heavy (non-hydrogen) atoms. The van der Waals surface area contributed by atoms with Gasteiger partial charge in [-0.05, 0) is 30.9 Å². The highest BCUT2D eigenvalue weighted by Crippen LogP contribution is 2.16. The van der Waals surface area contributed by atoms with Crippen LogP contribution < -0.4 is 5.32 Å². The zero-order valence-electron chi connectivity index (χ0n) is 8.58. The van der Waals surface area contributed by atoms with E-state index in [2.05, 4.69) is 18.3 Å². The molecule has 0 spiro atoms. The zero-order valence-corrected chi connectivity index (χ0v) is 9.40. The Balaban J connectivity index is 2.52. The van der Waals surface area contributed by atoms with Gasteiger partial charge in [0.15, 0.2) is 0 Å². The van der Waals surface area contributed by atoms with Gasteiger partial charge in [-0.1, -0.05) is 0 Å². The molecular weight excluding hydrogens is 198 g/mol. The van der Waals surface area contributed by atoms with Crippen molar-refractivity contribution in [2.45, 2.75) is 25.9 Å². The van der Waals surface area contributed by atoms with Crippen LogP contribution in [0.25, 0.3) is 0 Å². The molecule has 3 nitrogen and oxygen atoms in total. The molecule has 0 saturated carbocycles. The van der Waals surface area contributed by atoms with Gasteiger partial charge in [0.1, 0.15) is 0 Å². The summed E-state index contributed by atoms with van der Waals surface area (Å²) in [4.78, 5) is 1.25. The van der Waals surface area contributed by atoms with Crippen molar-refractivity contribution in [3.8, 4) is 0 Å². The van der Waals surface area contributed by atoms with Gasteiger partial charge in [0.2, 0.25) is 0 Å². The molecule has 0 aromatic carbocycles. The molecule has 1 aromatic rings. The van der Waals surface area contributed by atoms with Crippen molar-refractivity contribution >= 4 is 11.3 Å². The van der Waals surface area contributed by atoms with E-state index in [1.807, 2.05) is 5.38 Å². The van der Waals surface area contributed by atoms with E-state index in [0.717, 1.165) is 0 Å². The fourth-order valence-electron chi connectivity index (χ4n) is 1.04. The second kappa shape index (κ2) is 4.89. The summed E-state index contributed by atoms with van der Waals surface area (Å²) in [6.07, 6.45) is 0. The molecule has 0 bridgehead atoms. The Labute approximate surface area is 88.4 Å². The molecule has 1 heterocycles. The number of hydrogen-bond acceptors (Lipinski definition) is 4. The van der Waals surface area contributed by atoms with Crippen LogP contribution in [0.15, 0.2) is 11.4 Å². The Kier molecular flexibility index (Phi) is 4.07. The number of aliphatic hydroxyl groups excluding tert-OH is 2. The summed E-state index contributed by atoms with van der Waals surface area (Å²) in [6, 6.07) is 2.07. The maximum atomic E-state index is 9.06. The first kappa shape index (κ1) is 11.7. The van der Waals surface area contributed by atoms with Crippen molar-refractivity contribution in [1.82, 2.24) is 5.32 Å². The fraction of sp³-hybridized carbons (Fsp3) is 0.600. The lowest BCUT2D eigenvalue weighted by Crippen LogP contribution is -2.48. The normalized spacial score (nSPS) is 12.0. The predicted octanol–water partition coefficient (Wildman–Crippen LogP) is 0.889. The minimum atomic E-state index is -0.587. The lowest BCUT2D eigenvalue weighted by Gasteiger charge is -2.26. The summed E-state index contributed by atoms with van der Waals surface area (Å²) in [7, 11) is 0. The molecule has 0 atom stereocenters. The van der Waals surface area contributed by atoms with Crippen LogP contribution in [-0.2, 0) is 6.54 Å². The maximum Gasteiger partial charge on any atom is 0.0633 e. The number of hydrogen-bond donors (Lipinski definition) is 3. The molecule has 1 aromatic heterocycles. The van der Waals surface area contributed by atoms with Gasteiger partial charge in [0.05, 0.1) is 18.8 Å². The van der Waals surface area contributed by atoms with Crippen LogP contribution >= 0.6 is 11.3 Å². The molecule has 4 heteroatoms. The fourth-order valence-corrected chi connectivity index (χ4v) is 1.89. The lowest BCUT2D eigenvalue weighted by atomic mass is 10.1. The van der Waals surface area contributed by atoms with E-state index in [0.29, 0.717) is 6.54 Å². The second-order valence-corrected chi connectivity index (χ2v) is 4.76. The van der Waals surface area contributed by atoms with Crippen molar-refractivity contribution < 1.29 is 10.2 Å². The topological polar surface area (TPSA) is 52.5 Å². The van der Waals surface area contributed by atoms with E-state index >= 15 is 0 Å². The van der Waals surface area contributed by atoms with Gasteiger partial charge in [-0.25, -0.2) is 0 Å². The Morgan fingerprint density at radius 1 is 1.43 bits per heavy atom. The van der Waals surface area contributed by atoms with E-state index in [-0.39, 0.29) is 13.2 Å². The van der Waals surface area contributed by atoms with E-state index in [1.54, 1.807) is 18.3 Å². The van der Waals surface area contributed by atoms with Gasteiger partial charge < -0.3 is 15.5 Å². The number of aryl methyl sites for hydroxylation is 1. The zero-order chi connectivity index (χ0) is 10.6. The number of nitrogens with one attached hydrogen (secondary N) is 1. The quantitative estimate of drug-likeness (QED) is 0.683. The molecule has 80 valence electrons. The van der Waals surface area contributed by atoms with Crippen molar-refractivity contribution in [1.29, 1.82) is 0 Å². The molecule has 0 radical (unpaired) electrons. The third kappa shape index (κ3) is 2.78. The van der Waals surface area contributed by atoms with Crippen molar-refractivity contribution in [2.75, 3.05) is 13.2 Å². The largest absolute Gasteiger partial charge is 0.394 e. The number of rotatable bonds is 5. The molecule has 0 aliphatic heterocycles. The Morgan fingerprint density at radius 2 is 2.07 bits per heavy atom. The summed E-state index contributed by atoms with van der Waals surface area (Å²) < 4.78 is 0. The lowest BCUT2D eigenvalue weighted by molar-refractivity contribution is 0.103. The van der Waals surface area contributed by atoms with Crippen molar-refractivity contribution in [2.24, 2.45) is 0 Å². The summed E-state index contributed by atoms with van der Waals surface area (Å²) in [5, 5.41) is 23.3. The standard InChI is InChI=1S/C10H17NO2S/c1-8-3-4-14-9(8)5-11-10(2,6-12)7-13/h3-4,11-13H,5-7H2,1-2H3. The molecule has 1 rings (SSSR count). The average molecular weight is 215 g/mol. The minimum Gasteiger partial charge on any atom is -0.394 e. The molecule has 0 saturated heterocycles. The van der Waals surface area contributed by atoms with Crippen LogP contribution in [0.5, 0.6) is 0 Å². The molecule has 0 unspecified atom stereocenters. The highest BCUT2D eigenvalue weighted by atomic mass is 32.1. The van der Waals surface area contributed by atoms with Crippen molar-refractivity contribution in [3.05, 3.63) is 21.9 Å². The Hall–Kier alpha value is -0.420. The average Bonchev–Trinajstić information content (AvgIpc) is 2.61.